The molecule has 1 aromatic rings. The molecule has 0 fully saturated rings. The van der Waals surface area contributed by atoms with Gasteiger partial charge in [0.25, 0.3) is 0 Å². The van der Waals surface area contributed by atoms with Crippen LogP contribution in [0.3, 0.4) is 0 Å². The summed E-state index contributed by atoms with van der Waals surface area (Å²) in [5.74, 6) is 0.0150. The molecule has 0 amide bonds. The topological polar surface area (TPSA) is 44.8 Å². The van der Waals surface area contributed by atoms with Crippen molar-refractivity contribution in [3.63, 3.8) is 0 Å². The SMILES string of the molecule is COCOc1cc(C)c(Br)cc1C(=O)OC. The van der Waals surface area contributed by atoms with E-state index in [4.69, 9.17) is 9.47 Å². The van der Waals surface area contributed by atoms with E-state index in [-0.39, 0.29) is 6.79 Å². The maximum atomic E-state index is 11.5. The monoisotopic (exact) mass is 288 g/mol. The Morgan fingerprint density at radius 1 is 1.38 bits per heavy atom. The van der Waals surface area contributed by atoms with Gasteiger partial charge in [-0.1, -0.05) is 15.9 Å². The van der Waals surface area contributed by atoms with Crippen LogP contribution in [0.15, 0.2) is 16.6 Å². The van der Waals surface area contributed by atoms with E-state index in [1.807, 2.05) is 6.92 Å². The van der Waals surface area contributed by atoms with Gasteiger partial charge >= 0.3 is 5.97 Å². The molecule has 88 valence electrons. The van der Waals surface area contributed by atoms with Crippen LogP contribution >= 0.6 is 15.9 Å². The molecule has 0 spiro atoms. The van der Waals surface area contributed by atoms with Crippen LogP contribution in [0.25, 0.3) is 0 Å². The number of aryl methyl sites for hydroxylation is 1. The van der Waals surface area contributed by atoms with E-state index in [2.05, 4.69) is 20.7 Å². The van der Waals surface area contributed by atoms with Crippen LogP contribution in [-0.4, -0.2) is 27.0 Å². The molecular formula is C11H13BrO4. The lowest BCUT2D eigenvalue weighted by molar-refractivity contribution is 0.0464. The molecule has 1 rings (SSSR count). The van der Waals surface area contributed by atoms with Crippen molar-refractivity contribution in [1.29, 1.82) is 0 Å². The summed E-state index contributed by atoms with van der Waals surface area (Å²) in [7, 11) is 2.85. The first-order valence-corrected chi connectivity index (χ1v) is 5.39. The molecule has 0 heterocycles. The van der Waals surface area contributed by atoms with Crippen LogP contribution in [0.2, 0.25) is 0 Å². The van der Waals surface area contributed by atoms with Crippen LogP contribution < -0.4 is 4.74 Å². The fraction of sp³-hybridized carbons (Fsp3) is 0.364. The summed E-state index contributed by atoms with van der Waals surface area (Å²) in [6.07, 6.45) is 0. The number of carbonyl (C=O) groups is 1. The van der Waals surface area contributed by atoms with Crippen molar-refractivity contribution < 1.29 is 19.0 Å². The quantitative estimate of drug-likeness (QED) is 0.631. The van der Waals surface area contributed by atoms with E-state index in [0.717, 1.165) is 10.0 Å². The minimum absolute atomic E-state index is 0.0884. The summed E-state index contributed by atoms with van der Waals surface area (Å²) < 4.78 is 15.6. The van der Waals surface area contributed by atoms with E-state index in [1.165, 1.54) is 14.2 Å². The summed E-state index contributed by atoms with van der Waals surface area (Å²) in [4.78, 5) is 11.5. The molecule has 0 bridgehead atoms. The van der Waals surface area contributed by atoms with Gasteiger partial charge in [0.2, 0.25) is 0 Å². The van der Waals surface area contributed by atoms with Gasteiger partial charge in [-0.3, -0.25) is 0 Å². The second kappa shape index (κ2) is 5.86. The predicted octanol–water partition coefficient (Wildman–Crippen LogP) is 2.53. The molecule has 0 aliphatic heterocycles. The fourth-order valence-corrected chi connectivity index (χ4v) is 1.51. The van der Waals surface area contributed by atoms with Crippen LogP contribution in [0.4, 0.5) is 0 Å². The first-order valence-electron chi connectivity index (χ1n) is 4.60. The van der Waals surface area contributed by atoms with Gasteiger partial charge in [-0.2, -0.15) is 0 Å². The van der Waals surface area contributed by atoms with Crippen LogP contribution in [0, 0.1) is 6.92 Å². The Balaban J connectivity index is 3.11. The highest BCUT2D eigenvalue weighted by Crippen LogP contribution is 2.27. The first-order chi connectivity index (χ1) is 7.60. The number of esters is 1. The van der Waals surface area contributed by atoms with Crippen LogP contribution in [0.5, 0.6) is 5.75 Å². The third-order valence-electron chi connectivity index (χ3n) is 2.00. The van der Waals surface area contributed by atoms with Gasteiger partial charge in [-0.25, -0.2) is 4.79 Å². The summed E-state index contributed by atoms with van der Waals surface area (Å²) in [5.41, 5.74) is 1.34. The molecule has 0 aromatic heterocycles. The molecule has 0 radical (unpaired) electrons. The lowest BCUT2D eigenvalue weighted by atomic mass is 10.1. The number of hydrogen-bond donors (Lipinski definition) is 0. The van der Waals surface area contributed by atoms with E-state index in [1.54, 1.807) is 12.1 Å². The summed E-state index contributed by atoms with van der Waals surface area (Å²) in [6, 6.07) is 3.43. The number of carbonyl (C=O) groups excluding carboxylic acids is 1. The van der Waals surface area contributed by atoms with Gasteiger partial charge in [-0.05, 0) is 24.6 Å². The molecule has 0 N–H and O–H groups in total. The third-order valence-corrected chi connectivity index (χ3v) is 2.85. The Morgan fingerprint density at radius 3 is 2.62 bits per heavy atom. The van der Waals surface area contributed by atoms with Gasteiger partial charge in [-0.15, -0.1) is 0 Å². The van der Waals surface area contributed by atoms with Crippen molar-refractivity contribution in [3.8, 4) is 5.75 Å². The number of ether oxygens (including phenoxy) is 3. The lowest BCUT2D eigenvalue weighted by Crippen LogP contribution is -2.08. The maximum Gasteiger partial charge on any atom is 0.341 e. The van der Waals surface area contributed by atoms with Crippen molar-refractivity contribution in [2.24, 2.45) is 0 Å². The van der Waals surface area contributed by atoms with E-state index in [0.29, 0.717) is 11.3 Å². The third kappa shape index (κ3) is 2.96. The average molecular weight is 289 g/mol. The Hall–Kier alpha value is -1.07. The first kappa shape index (κ1) is 13.0. The maximum absolute atomic E-state index is 11.5. The Labute approximate surface area is 103 Å². The minimum atomic E-state index is -0.438. The molecule has 5 heteroatoms. The molecule has 0 unspecified atom stereocenters. The average Bonchev–Trinajstić information content (AvgIpc) is 2.29. The Morgan fingerprint density at radius 2 is 2.06 bits per heavy atom. The Bertz CT molecular complexity index is 390. The number of hydrogen-bond acceptors (Lipinski definition) is 4. The van der Waals surface area contributed by atoms with Crippen molar-refractivity contribution in [1.82, 2.24) is 0 Å². The smallest absolute Gasteiger partial charge is 0.341 e. The minimum Gasteiger partial charge on any atom is -0.467 e. The second-order valence-electron chi connectivity index (χ2n) is 3.14. The zero-order valence-electron chi connectivity index (χ0n) is 9.37. The van der Waals surface area contributed by atoms with Gasteiger partial charge in [0.15, 0.2) is 6.79 Å². The van der Waals surface area contributed by atoms with E-state index in [9.17, 15) is 4.79 Å². The fourth-order valence-electron chi connectivity index (χ4n) is 1.17. The van der Waals surface area contributed by atoms with Crippen LogP contribution in [-0.2, 0) is 9.47 Å². The summed E-state index contributed by atoms with van der Waals surface area (Å²) >= 11 is 3.35. The van der Waals surface area contributed by atoms with Gasteiger partial charge in [0.1, 0.15) is 11.3 Å². The number of halogens is 1. The van der Waals surface area contributed by atoms with Crippen molar-refractivity contribution in [3.05, 3.63) is 27.7 Å². The molecule has 0 saturated carbocycles. The highest BCUT2D eigenvalue weighted by atomic mass is 79.9. The zero-order chi connectivity index (χ0) is 12.1. The largest absolute Gasteiger partial charge is 0.467 e. The predicted molar refractivity (Wildman–Crippen MR) is 62.7 cm³/mol. The highest BCUT2D eigenvalue weighted by Gasteiger charge is 2.15. The zero-order valence-corrected chi connectivity index (χ0v) is 11.0. The molecule has 0 atom stereocenters. The Kier molecular flexibility index (Phi) is 4.76. The number of benzene rings is 1. The van der Waals surface area contributed by atoms with Gasteiger partial charge in [0.05, 0.1) is 7.11 Å². The van der Waals surface area contributed by atoms with E-state index < -0.39 is 5.97 Å². The molecule has 0 aliphatic carbocycles. The van der Waals surface area contributed by atoms with E-state index >= 15 is 0 Å². The molecule has 16 heavy (non-hydrogen) atoms. The van der Waals surface area contributed by atoms with Crippen molar-refractivity contribution >= 4 is 21.9 Å². The number of methoxy groups -OCH3 is 2. The molecule has 0 aliphatic rings. The molecule has 0 saturated heterocycles. The van der Waals surface area contributed by atoms with Gasteiger partial charge < -0.3 is 14.2 Å². The highest BCUT2D eigenvalue weighted by molar-refractivity contribution is 9.10. The summed E-state index contributed by atoms with van der Waals surface area (Å²) in [5, 5.41) is 0. The molecule has 4 nitrogen and oxygen atoms in total. The molecule has 1 aromatic carbocycles. The van der Waals surface area contributed by atoms with Gasteiger partial charge in [0, 0.05) is 11.6 Å². The molecular weight excluding hydrogens is 276 g/mol. The second-order valence-corrected chi connectivity index (χ2v) is 3.99. The lowest BCUT2D eigenvalue weighted by Gasteiger charge is -2.11. The summed E-state index contributed by atoms with van der Waals surface area (Å²) in [6.45, 7) is 2.00. The normalized spacial score (nSPS) is 10.0. The van der Waals surface area contributed by atoms with Crippen molar-refractivity contribution in [2.75, 3.05) is 21.0 Å². The van der Waals surface area contributed by atoms with Crippen LogP contribution in [0.1, 0.15) is 15.9 Å². The number of rotatable bonds is 4. The van der Waals surface area contributed by atoms with Crippen molar-refractivity contribution in [2.45, 2.75) is 6.92 Å². The standard InChI is InChI=1S/C11H13BrO4/c1-7-4-10(16-6-14-2)8(5-9(7)12)11(13)15-3/h4-5H,6H2,1-3H3.